The Morgan fingerprint density at radius 1 is 1.64 bits per heavy atom. The van der Waals surface area contributed by atoms with Crippen molar-refractivity contribution < 1.29 is 9.90 Å². The molecule has 2 N–H and O–H groups in total. The fourth-order valence-electron chi connectivity index (χ4n) is 1.53. The number of carboxylic acid groups (broad SMARTS) is 1. The second-order valence-electron chi connectivity index (χ2n) is 3.14. The minimum Gasteiger partial charge on any atom is -0.478 e. The second-order valence-corrected chi connectivity index (χ2v) is 3.52. The smallest absolute Gasteiger partial charge is 0.338 e. The molecule has 0 saturated carbocycles. The minimum atomic E-state index is -1.03. The average Bonchev–Trinajstić information content (AvgIpc) is 2.18. The zero-order valence-corrected chi connectivity index (χ0v) is 8.14. The van der Waals surface area contributed by atoms with Crippen molar-refractivity contribution >= 4 is 17.6 Å². The normalized spacial score (nSPS) is 14.9. The summed E-state index contributed by atoms with van der Waals surface area (Å²) in [5.41, 5.74) is 1.80. The average molecular weight is 213 g/mol. The van der Waals surface area contributed by atoms with Crippen LogP contribution in [0.25, 0.3) is 0 Å². The molecule has 0 spiro atoms. The maximum absolute atomic E-state index is 10.8. The third-order valence-corrected chi connectivity index (χ3v) is 2.70. The van der Waals surface area contributed by atoms with E-state index >= 15 is 0 Å². The molecule has 1 aromatic heterocycles. The van der Waals surface area contributed by atoms with Gasteiger partial charge in [0.15, 0.2) is 0 Å². The van der Waals surface area contributed by atoms with Crippen molar-refractivity contribution in [2.75, 3.05) is 6.54 Å². The number of fused-ring (bicyclic) bond motifs is 1. The van der Waals surface area contributed by atoms with Gasteiger partial charge in [0.25, 0.3) is 0 Å². The van der Waals surface area contributed by atoms with E-state index in [4.69, 9.17) is 16.7 Å². The lowest BCUT2D eigenvalue weighted by atomic mass is 10.1. The lowest BCUT2D eigenvalue weighted by Crippen LogP contribution is -2.25. The summed E-state index contributed by atoms with van der Waals surface area (Å²) >= 11 is 5.96. The summed E-state index contributed by atoms with van der Waals surface area (Å²) in [6.07, 6.45) is 2.13. The number of carbonyl (C=O) groups is 1. The summed E-state index contributed by atoms with van der Waals surface area (Å²) < 4.78 is 0. The van der Waals surface area contributed by atoms with E-state index in [9.17, 15) is 4.79 Å². The topological polar surface area (TPSA) is 62.2 Å². The van der Waals surface area contributed by atoms with Crippen LogP contribution in [0.5, 0.6) is 0 Å². The van der Waals surface area contributed by atoms with Crippen LogP contribution in [0.15, 0.2) is 6.20 Å². The fourth-order valence-corrected chi connectivity index (χ4v) is 1.84. The lowest BCUT2D eigenvalue weighted by molar-refractivity contribution is 0.0696. The van der Waals surface area contributed by atoms with Crippen LogP contribution in [0.3, 0.4) is 0 Å². The first-order valence-corrected chi connectivity index (χ1v) is 4.68. The quantitative estimate of drug-likeness (QED) is 0.731. The van der Waals surface area contributed by atoms with Gasteiger partial charge in [-0.1, -0.05) is 11.6 Å². The Morgan fingerprint density at radius 2 is 2.43 bits per heavy atom. The van der Waals surface area contributed by atoms with Gasteiger partial charge in [0.1, 0.15) is 0 Å². The van der Waals surface area contributed by atoms with Crippen LogP contribution < -0.4 is 5.32 Å². The summed E-state index contributed by atoms with van der Waals surface area (Å²) in [5.74, 6) is -1.03. The van der Waals surface area contributed by atoms with Crippen molar-refractivity contribution in [2.45, 2.75) is 13.0 Å². The number of hydrogen-bond donors (Lipinski definition) is 2. The monoisotopic (exact) mass is 212 g/mol. The van der Waals surface area contributed by atoms with Gasteiger partial charge in [-0.05, 0) is 0 Å². The minimum absolute atomic E-state index is 0.0779. The third kappa shape index (κ3) is 1.47. The van der Waals surface area contributed by atoms with Crippen LogP contribution in [-0.4, -0.2) is 22.6 Å². The van der Waals surface area contributed by atoms with Crippen LogP contribution >= 0.6 is 11.6 Å². The molecule has 14 heavy (non-hydrogen) atoms. The number of carboxylic acids is 1. The van der Waals surface area contributed by atoms with Crippen molar-refractivity contribution in [1.82, 2.24) is 10.3 Å². The molecule has 0 atom stereocenters. The number of aromatic nitrogens is 1. The molecule has 0 amide bonds. The number of aromatic carboxylic acids is 1. The molecular formula is C9H9ClN2O2. The van der Waals surface area contributed by atoms with E-state index in [-0.39, 0.29) is 5.56 Å². The molecule has 2 heterocycles. The fraction of sp³-hybridized carbons (Fsp3) is 0.333. The maximum atomic E-state index is 10.8. The van der Waals surface area contributed by atoms with E-state index in [0.29, 0.717) is 11.6 Å². The highest BCUT2D eigenvalue weighted by molar-refractivity contribution is 6.34. The SMILES string of the molecule is O=C(O)c1cnc2c(c1Cl)CNCC2. The Labute approximate surface area is 85.9 Å². The van der Waals surface area contributed by atoms with Gasteiger partial charge in [0, 0.05) is 37.0 Å². The molecule has 5 heteroatoms. The van der Waals surface area contributed by atoms with Crippen molar-refractivity contribution in [2.24, 2.45) is 0 Å². The van der Waals surface area contributed by atoms with Gasteiger partial charge in [0.05, 0.1) is 10.6 Å². The van der Waals surface area contributed by atoms with E-state index in [2.05, 4.69) is 10.3 Å². The summed E-state index contributed by atoms with van der Waals surface area (Å²) in [6, 6.07) is 0. The molecule has 1 aliphatic heterocycles. The molecular weight excluding hydrogens is 204 g/mol. The molecule has 1 aromatic rings. The molecule has 74 valence electrons. The largest absolute Gasteiger partial charge is 0.478 e. The molecule has 4 nitrogen and oxygen atoms in total. The molecule has 0 aliphatic carbocycles. The van der Waals surface area contributed by atoms with Gasteiger partial charge in [0.2, 0.25) is 0 Å². The second kappa shape index (κ2) is 3.55. The zero-order valence-electron chi connectivity index (χ0n) is 7.38. The molecule has 0 aromatic carbocycles. The number of nitrogens with zero attached hydrogens (tertiary/aromatic N) is 1. The first kappa shape index (κ1) is 9.43. The highest BCUT2D eigenvalue weighted by Gasteiger charge is 2.19. The van der Waals surface area contributed by atoms with Crippen LogP contribution in [0.1, 0.15) is 21.6 Å². The van der Waals surface area contributed by atoms with Gasteiger partial charge in [-0.3, -0.25) is 4.98 Å². The highest BCUT2D eigenvalue weighted by atomic mass is 35.5. The van der Waals surface area contributed by atoms with Gasteiger partial charge in [-0.25, -0.2) is 4.79 Å². The molecule has 0 unspecified atom stereocenters. The van der Waals surface area contributed by atoms with Crippen molar-refractivity contribution in [3.63, 3.8) is 0 Å². The highest BCUT2D eigenvalue weighted by Crippen LogP contribution is 2.24. The Balaban J connectivity index is 2.54. The van der Waals surface area contributed by atoms with Gasteiger partial charge < -0.3 is 10.4 Å². The molecule has 0 radical (unpaired) electrons. The van der Waals surface area contributed by atoms with E-state index in [0.717, 1.165) is 24.2 Å². The first-order chi connectivity index (χ1) is 6.70. The summed E-state index contributed by atoms with van der Waals surface area (Å²) in [4.78, 5) is 14.9. The number of pyridine rings is 1. The van der Waals surface area contributed by atoms with Crippen molar-refractivity contribution in [3.8, 4) is 0 Å². The number of hydrogen-bond acceptors (Lipinski definition) is 3. The van der Waals surface area contributed by atoms with E-state index in [1.165, 1.54) is 6.20 Å². The van der Waals surface area contributed by atoms with E-state index in [1.807, 2.05) is 0 Å². The molecule has 0 saturated heterocycles. The van der Waals surface area contributed by atoms with Crippen molar-refractivity contribution in [3.05, 3.63) is 28.0 Å². The Bertz CT molecular complexity index is 393. The zero-order chi connectivity index (χ0) is 10.1. The molecule has 0 bridgehead atoms. The van der Waals surface area contributed by atoms with E-state index in [1.54, 1.807) is 0 Å². The summed E-state index contributed by atoms with van der Waals surface area (Å²) in [6.45, 7) is 1.46. The van der Waals surface area contributed by atoms with Crippen LogP contribution in [-0.2, 0) is 13.0 Å². The van der Waals surface area contributed by atoms with Gasteiger partial charge in [-0.2, -0.15) is 0 Å². The predicted octanol–water partition coefficient (Wildman–Crippen LogP) is 1.08. The third-order valence-electron chi connectivity index (χ3n) is 2.27. The van der Waals surface area contributed by atoms with Crippen LogP contribution in [0, 0.1) is 0 Å². The summed E-state index contributed by atoms with van der Waals surface area (Å²) in [5, 5.41) is 12.3. The van der Waals surface area contributed by atoms with Crippen LogP contribution in [0.4, 0.5) is 0 Å². The van der Waals surface area contributed by atoms with Gasteiger partial charge >= 0.3 is 5.97 Å². The van der Waals surface area contributed by atoms with Crippen LogP contribution in [0.2, 0.25) is 5.02 Å². The van der Waals surface area contributed by atoms with Gasteiger partial charge in [-0.15, -0.1) is 0 Å². The lowest BCUT2D eigenvalue weighted by Gasteiger charge is -2.17. The predicted molar refractivity (Wildman–Crippen MR) is 51.6 cm³/mol. The number of halogens is 1. The summed E-state index contributed by atoms with van der Waals surface area (Å²) in [7, 11) is 0. The molecule has 1 aliphatic rings. The Morgan fingerprint density at radius 3 is 3.14 bits per heavy atom. The number of rotatable bonds is 1. The Hall–Kier alpha value is -1.13. The van der Waals surface area contributed by atoms with Crippen molar-refractivity contribution in [1.29, 1.82) is 0 Å². The maximum Gasteiger partial charge on any atom is 0.338 e. The molecule has 2 rings (SSSR count). The Kier molecular flexibility index (Phi) is 2.39. The standard InChI is InChI=1S/C9H9ClN2O2/c10-8-5-3-11-2-1-7(5)12-4-6(8)9(13)14/h4,11H,1-3H2,(H,13,14). The first-order valence-electron chi connectivity index (χ1n) is 4.30. The molecule has 0 fully saturated rings. The number of nitrogens with one attached hydrogen (secondary N) is 1. The van der Waals surface area contributed by atoms with E-state index < -0.39 is 5.97 Å².